The molecular formula is C26H27NO4. The number of hydrogen-bond acceptors (Lipinski definition) is 4. The molecule has 5 nitrogen and oxygen atoms in total. The third-order valence-corrected chi connectivity index (χ3v) is 5.42. The lowest BCUT2D eigenvalue weighted by Crippen LogP contribution is -2.30. The average Bonchev–Trinajstić information content (AvgIpc) is 3.04. The van der Waals surface area contributed by atoms with Crippen LogP contribution in [0.5, 0.6) is 17.2 Å². The second-order valence-corrected chi connectivity index (χ2v) is 7.66. The van der Waals surface area contributed by atoms with E-state index in [1.54, 1.807) is 13.2 Å². The highest BCUT2D eigenvalue weighted by Crippen LogP contribution is 2.33. The van der Waals surface area contributed by atoms with E-state index in [0.29, 0.717) is 25.2 Å². The number of carbonyl (C=O) groups is 1. The van der Waals surface area contributed by atoms with Gasteiger partial charge in [-0.05, 0) is 60.4 Å². The summed E-state index contributed by atoms with van der Waals surface area (Å²) in [5, 5.41) is 3.21. The molecule has 1 N–H and O–H groups in total. The second-order valence-electron chi connectivity index (χ2n) is 7.66. The van der Waals surface area contributed by atoms with Gasteiger partial charge in [0.25, 0.3) is 5.91 Å². The van der Waals surface area contributed by atoms with Gasteiger partial charge < -0.3 is 19.5 Å². The van der Waals surface area contributed by atoms with Crippen molar-refractivity contribution in [2.75, 3.05) is 20.3 Å². The fraction of sp³-hybridized carbons (Fsp3) is 0.269. The highest BCUT2D eigenvalue weighted by molar-refractivity contribution is 5.94. The van der Waals surface area contributed by atoms with Crippen molar-refractivity contribution in [2.45, 2.75) is 25.8 Å². The van der Waals surface area contributed by atoms with Crippen LogP contribution < -0.4 is 19.5 Å². The number of aryl methyl sites for hydroxylation is 1. The number of nitrogens with one attached hydrogen (secondary N) is 1. The molecular weight excluding hydrogens is 390 g/mol. The molecule has 0 bridgehead atoms. The van der Waals surface area contributed by atoms with Crippen molar-refractivity contribution in [3.05, 3.63) is 89.0 Å². The number of rotatable bonds is 6. The van der Waals surface area contributed by atoms with Gasteiger partial charge in [0.2, 0.25) is 0 Å². The summed E-state index contributed by atoms with van der Waals surface area (Å²) >= 11 is 0. The van der Waals surface area contributed by atoms with Gasteiger partial charge in [0.05, 0.1) is 26.4 Å². The van der Waals surface area contributed by atoms with Crippen LogP contribution in [0.15, 0.2) is 66.7 Å². The Bertz CT molecular complexity index is 1050. The third kappa shape index (κ3) is 5.00. The first kappa shape index (κ1) is 20.8. The highest BCUT2D eigenvalue weighted by atomic mass is 16.5. The predicted octanol–water partition coefficient (Wildman–Crippen LogP) is 4.88. The molecule has 1 aliphatic heterocycles. The fourth-order valence-electron chi connectivity index (χ4n) is 3.76. The van der Waals surface area contributed by atoms with Gasteiger partial charge in [-0.15, -0.1) is 0 Å². The zero-order valence-corrected chi connectivity index (χ0v) is 17.9. The average molecular weight is 418 g/mol. The molecule has 3 aromatic carbocycles. The Morgan fingerprint density at radius 3 is 2.52 bits per heavy atom. The van der Waals surface area contributed by atoms with Crippen molar-refractivity contribution >= 4 is 5.91 Å². The summed E-state index contributed by atoms with van der Waals surface area (Å²) < 4.78 is 16.9. The molecule has 0 aliphatic carbocycles. The van der Waals surface area contributed by atoms with Crippen molar-refractivity contribution in [1.82, 2.24) is 5.32 Å². The Kier molecular flexibility index (Phi) is 6.41. The Hall–Kier alpha value is -3.47. The number of hydrogen-bond donors (Lipinski definition) is 1. The first-order chi connectivity index (χ1) is 15.1. The van der Waals surface area contributed by atoms with Gasteiger partial charge in [0, 0.05) is 12.0 Å². The van der Waals surface area contributed by atoms with Gasteiger partial charge in [-0.3, -0.25) is 4.79 Å². The molecule has 5 heteroatoms. The number of ether oxygens (including phenoxy) is 3. The fourth-order valence-corrected chi connectivity index (χ4v) is 3.76. The van der Waals surface area contributed by atoms with Crippen LogP contribution in [0, 0.1) is 6.92 Å². The van der Waals surface area contributed by atoms with E-state index in [9.17, 15) is 4.79 Å². The predicted molar refractivity (Wildman–Crippen MR) is 120 cm³/mol. The van der Waals surface area contributed by atoms with Crippen LogP contribution in [0.2, 0.25) is 0 Å². The largest absolute Gasteiger partial charge is 0.496 e. The maximum atomic E-state index is 13.1. The number of benzene rings is 3. The molecule has 1 heterocycles. The van der Waals surface area contributed by atoms with E-state index in [4.69, 9.17) is 14.2 Å². The molecule has 0 saturated carbocycles. The number of fused-ring (bicyclic) bond motifs is 1. The molecule has 0 radical (unpaired) electrons. The zero-order valence-electron chi connectivity index (χ0n) is 17.9. The molecule has 1 unspecified atom stereocenters. The van der Waals surface area contributed by atoms with E-state index < -0.39 is 0 Å². The molecule has 31 heavy (non-hydrogen) atoms. The number of methoxy groups -OCH3 is 1. The maximum absolute atomic E-state index is 13.1. The van der Waals surface area contributed by atoms with Gasteiger partial charge in [-0.1, -0.05) is 36.4 Å². The molecule has 1 aliphatic rings. The van der Waals surface area contributed by atoms with E-state index in [2.05, 4.69) is 17.4 Å². The third-order valence-electron chi connectivity index (χ3n) is 5.42. The summed E-state index contributed by atoms with van der Waals surface area (Å²) in [6, 6.07) is 21.3. The minimum absolute atomic E-state index is 0.126. The molecule has 0 spiro atoms. The van der Waals surface area contributed by atoms with E-state index in [1.165, 1.54) is 0 Å². The molecule has 0 fully saturated rings. The Morgan fingerprint density at radius 1 is 1.00 bits per heavy atom. The normalized spacial score (nSPS) is 13.7. The van der Waals surface area contributed by atoms with Crippen molar-refractivity contribution < 1.29 is 19.0 Å². The monoisotopic (exact) mass is 417 g/mol. The van der Waals surface area contributed by atoms with Crippen LogP contribution in [0.3, 0.4) is 0 Å². The molecule has 0 aromatic heterocycles. The van der Waals surface area contributed by atoms with Crippen LogP contribution in [-0.4, -0.2) is 26.2 Å². The van der Waals surface area contributed by atoms with Crippen LogP contribution >= 0.6 is 0 Å². The van der Waals surface area contributed by atoms with Gasteiger partial charge in [0.15, 0.2) is 11.5 Å². The lowest BCUT2D eigenvalue weighted by molar-refractivity contribution is 0.0936. The highest BCUT2D eigenvalue weighted by Gasteiger charge is 2.20. The van der Waals surface area contributed by atoms with E-state index >= 15 is 0 Å². The number of amides is 1. The first-order valence-electron chi connectivity index (χ1n) is 10.5. The Labute approximate surface area is 183 Å². The molecule has 0 saturated heterocycles. The molecule has 160 valence electrons. The van der Waals surface area contributed by atoms with Crippen LogP contribution in [0.4, 0.5) is 0 Å². The smallest absolute Gasteiger partial charge is 0.251 e. The van der Waals surface area contributed by atoms with E-state index in [-0.39, 0.29) is 11.9 Å². The van der Waals surface area contributed by atoms with Crippen molar-refractivity contribution in [1.29, 1.82) is 0 Å². The van der Waals surface area contributed by atoms with Gasteiger partial charge in [-0.25, -0.2) is 0 Å². The molecule has 3 aromatic rings. The van der Waals surface area contributed by atoms with Gasteiger partial charge >= 0.3 is 0 Å². The summed E-state index contributed by atoms with van der Waals surface area (Å²) in [6.07, 6.45) is 1.52. The number of carbonyl (C=O) groups excluding carboxylic acids is 1. The quantitative estimate of drug-likeness (QED) is 0.621. The molecule has 4 rings (SSSR count). The lowest BCUT2D eigenvalue weighted by atomic mass is 9.97. The van der Waals surface area contributed by atoms with E-state index in [1.807, 2.05) is 55.5 Å². The summed E-state index contributed by atoms with van der Waals surface area (Å²) in [5.41, 5.74) is 3.65. The van der Waals surface area contributed by atoms with Crippen LogP contribution in [-0.2, 0) is 6.42 Å². The maximum Gasteiger partial charge on any atom is 0.251 e. The van der Waals surface area contributed by atoms with Crippen LogP contribution in [0.1, 0.15) is 39.5 Å². The minimum Gasteiger partial charge on any atom is -0.496 e. The van der Waals surface area contributed by atoms with Crippen molar-refractivity contribution in [2.24, 2.45) is 0 Å². The van der Waals surface area contributed by atoms with E-state index in [0.717, 1.165) is 40.4 Å². The van der Waals surface area contributed by atoms with Crippen molar-refractivity contribution in [3.8, 4) is 17.2 Å². The zero-order chi connectivity index (χ0) is 21.6. The lowest BCUT2D eigenvalue weighted by Gasteiger charge is -2.21. The second kappa shape index (κ2) is 9.56. The van der Waals surface area contributed by atoms with Gasteiger partial charge in [-0.2, -0.15) is 0 Å². The Balaban J connectivity index is 1.62. The molecule has 1 atom stereocenters. The summed E-state index contributed by atoms with van der Waals surface area (Å²) in [5.74, 6) is 2.11. The van der Waals surface area contributed by atoms with Crippen LogP contribution in [0.25, 0.3) is 0 Å². The topological polar surface area (TPSA) is 56.8 Å². The molecule has 1 amide bonds. The minimum atomic E-state index is -0.213. The summed E-state index contributed by atoms with van der Waals surface area (Å²) in [4.78, 5) is 13.1. The first-order valence-corrected chi connectivity index (χ1v) is 10.5. The SMILES string of the molecule is COc1ccc(C(=O)NC(Cc2ccccc2)c2ccc3c(c2)OCCCO3)cc1C. The summed E-state index contributed by atoms with van der Waals surface area (Å²) in [6.45, 7) is 3.20. The summed E-state index contributed by atoms with van der Waals surface area (Å²) in [7, 11) is 1.63. The standard InChI is InChI=1S/C26H27NO4/c1-18-15-21(10-11-23(18)29-2)26(28)27-22(16-19-7-4-3-5-8-19)20-9-12-24-25(17-20)31-14-6-13-30-24/h3-5,7-12,15,17,22H,6,13-14,16H2,1-2H3,(H,27,28). The Morgan fingerprint density at radius 2 is 1.77 bits per heavy atom. The van der Waals surface area contributed by atoms with Gasteiger partial charge in [0.1, 0.15) is 5.75 Å². The van der Waals surface area contributed by atoms with Crippen molar-refractivity contribution in [3.63, 3.8) is 0 Å².